The number of rotatable bonds is 1. The first kappa shape index (κ1) is 5.97. The van der Waals surface area contributed by atoms with Crippen molar-refractivity contribution in [3.05, 3.63) is 0 Å². The van der Waals surface area contributed by atoms with Crippen LogP contribution >= 0.6 is 12.6 Å². The molecule has 1 aliphatic carbocycles. The molecule has 1 rings (SSSR count). The van der Waals surface area contributed by atoms with Crippen molar-refractivity contribution in [2.75, 3.05) is 0 Å². The lowest BCUT2D eigenvalue weighted by Crippen LogP contribution is -2.08. The zero-order chi connectivity index (χ0) is 6.20. The molecular formula is C6H9NS. The van der Waals surface area contributed by atoms with Crippen molar-refractivity contribution in [1.29, 1.82) is 5.26 Å². The van der Waals surface area contributed by atoms with Crippen molar-refractivity contribution >= 4 is 12.6 Å². The van der Waals surface area contributed by atoms with Crippen LogP contribution in [0.5, 0.6) is 0 Å². The van der Waals surface area contributed by atoms with E-state index in [0.29, 0.717) is 0 Å². The first-order valence-electron chi connectivity index (χ1n) is 2.80. The van der Waals surface area contributed by atoms with Gasteiger partial charge in [0, 0.05) is 5.25 Å². The molecule has 1 unspecified atom stereocenters. The van der Waals surface area contributed by atoms with E-state index in [4.69, 9.17) is 5.26 Å². The molecule has 44 valence electrons. The summed E-state index contributed by atoms with van der Waals surface area (Å²) >= 11 is 4.20. The third-order valence-electron chi connectivity index (χ3n) is 1.81. The summed E-state index contributed by atoms with van der Waals surface area (Å²) in [5.41, 5.74) is -0.0386. The van der Waals surface area contributed by atoms with Crippen LogP contribution < -0.4 is 0 Å². The topological polar surface area (TPSA) is 23.8 Å². The second kappa shape index (κ2) is 1.66. The Morgan fingerprint density at radius 2 is 2.25 bits per heavy atom. The highest BCUT2D eigenvalue weighted by Crippen LogP contribution is 2.49. The zero-order valence-corrected chi connectivity index (χ0v) is 5.78. The second-order valence-electron chi connectivity index (χ2n) is 2.44. The maximum absolute atomic E-state index is 8.53. The maximum Gasteiger partial charge on any atom is 0.0701 e. The average Bonchev–Trinajstić information content (AvgIpc) is 2.44. The highest BCUT2D eigenvalue weighted by atomic mass is 32.1. The van der Waals surface area contributed by atoms with Crippen molar-refractivity contribution < 1.29 is 0 Å². The van der Waals surface area contributed by atoms with Gasteiger partial charge >= 0.3 is 0 Å². The molecule has 1 aliphatic rings. The summed E-state index contributed by atoms with van der Waals surface area (Å²) in [6.45, 7) is 1.99. The van der Waals surface area contributed by atoms with E-state index in [-0.39, 0.29) is 10.7 Å². The highest BCUT2D eigenvalue weighted by molar-refractivity contribution is 7.81. The summed E-state index contributed by atoms with van der Waals surface area (Å²) in [4.78, 5) is 0. The Morgan fingerprint density at radius 1 is 1.75 bits per heavy atom. The van der Waals surface area contributed by atoms with Crippen LogP contribution in [0.3, 0.4) is 0 Å². The van der Waals surface area contributed by atoms with E-state index in [9.17, 15) is 0 Å². The predicted molar refractivity (Wildman–Crippen MR) is 35.7 cm³/mol. The lowest BCUT2D eigenvalue weighted by molar-refractivity contribution is 0.663. The SMILES string of the molecule is CC(S)C1(C#N)CC1. The number of nitriles is 1. The summed E-state index contributed by atoms with van der Waals surface area (Å²) in [7, 11) is 0. The van der Waals surface area contributed by atoms with Gasteiger partial charge in [0.2, 0.25) is 0 Å². The summed E-state index contributed by atoms with van der Waals surface area (Å²) < 4.78 is 0. The van der Waals surface area contributed by atoms with E-state index in [2.05, 4.69) is 18.7 Å². The first-order valence-corrected chi connectivity index (χ1v) is 3.32. The number of thiol groups is 1. The molecule has 0 bridgehead atoms. The molecule has 0 N–H and O–H groups in total. The van der Waals surface area contributed by atoms with Gasteiger partial charge in [-0.05, 0) is 12.8 Å². The van der Waals surface area contributed by atoms with E-state index in [1.165, 1.54) is 0 Å². The second-order valence-corrected chi connectivity index (χ2v) is 3.22. The fourth-order valence-corrected chi connectivity index (χ4v) is 1.07. The quantitative estimate of drug-likeness (QED) is 0.531. The van der Waals surface area contributed by atoms with Gasteiger partial charge in [-0.1, -0.05) is 6.92 Å². The van der Waals surface area contributed by atoms with Crippen LogP contribution in [-0.4, -0.2) is 5.25 Å². The van der Waals surface area contributed by atoms with Crippen LogP contribution in [0.1, 0.15) is 19.8 Å². The van der Waals surface area contributed by atoms with Gasteiger partial charge in [-0.2, -0.15) is 17.9 Å². The molecule has 0 saturated heterocycles. The minimum absolute atomic E-state index is 0.0386. The van der Waals surface area contributed by atoms with Crippen molar-refractivity contribution in [2.24, 2.45) is 5.41 Å². The van der Waals surface area contributed by atoms with Gasteiger partial charge in [0.15, 0.2) is 0 Å². The van der Waals surface area contributed by atoms with Crippen molar-refractivity contribution in [3.63, 3.8) is 0 Å². The Kier molecular flexibility index (Phi) is 1.24. The molecule has 1 saturated carbocycles. The molecule has 0 aromatic heterocycles. The van der Waals surface area contributed by atoms with E-state index in [1.54, 1.807) is 0 Å². The van der Waals surface area contributed by atoms with Gasteiger partial charge in [0.05, 0.1) is 11.5 Å². The molecule has 0 spiro atoms. The summed E-state index contributed by atoms with van der Waals surface area (Å²) in [5.74, 6) is 0. The monoisotopic (exact) mass is 127 g/mol. The minimum Gasteiger partial charge on any atom is -0.198 e. The van der Waals surface area contributed by atoms with Crippen LogP contribution in [0.25, 0.3) is 0 Å². The van der Waals surface area contributed by atoms with Crippen LogP contribution in [0.15, 0.2) is 0 Å². The minimum atomic E-state index is -0.0386. The third kappa shape index (κ3) is 0.714. The lowest BCUT2D eigenvalue weighted by atomic mass is 10.1. The predicted octanol–water partition coefficient (Wildman–Crippen LogP) is 1.61. The molecule has 0 aliphatic heterocycles. The molecule has 8 heavy (non-hydrogen) atoms. The van der Waals surface area contributed by atoms with E-state index >= 15 is 0 Å². The molecule has 0 aromatic rings. The lowest BCUT2D eigenvalue weighted by Gasteiger charge is -2.06. The van der Waals surface area contributed by atoms with Gasteiger partial charge in [-0.25, -0.2) is 0 Å². The third-order valence-corrected chi connectivity index (χ3v) is 2.31. The normalized spacial score (nSPS) is 26.1. The smallest absolute Gasteiger partial charge is 0.0701 e. The summed E-state index contributed by atoms with van der Waals surface area (Å²) in [6, 6.07) is 2.28. The molecule has 0 heterocycles. The Hall–Kier alpha value is -0.160. The standard InChI is InChI=1S/C6H9NS/c1-5(8)6(4-7)2-3-6/h5,8H,2-3H2,1H3. The Balaban J connectivity index is 2.57. The van der Waals surface area contributed by atoms with Crippen molar-refractivity contribution in [3.8, 4) is 6.07 Å². The number of nitrogens with zero attached hydrogens (tertiary/aromatic N) is 1. The van der Waals surface area contributed by atoms with Crippen LogP contribution in [0, 0.1) is 16.7 Å². The zero-order valence-electron chi connectivity index (χ0n) is 4.89. The molecule has 2 heteroatoms. The van der Waals surface area contributed by atoms with Crippen LogP contribution in [-0.2, 0) is 0 Å². The number of hydrogen-bond donors (Lipinski definition) is 1. The van der Waals surface area contributed by atoms with Gasteiger partial charge in [0.25, 0.3) is 0 Å². The van der Waals surface area contributed by atoms with Gasteiger partial charge in [-0.15, -0.1) is 0 Å². The summed E-state index contributed by atoms with van der Waals surface area (Å²) in [5, 5.41) is 8.78. The molecule has 0 amide bonds. The maximum atomic E-state index is 8.53. The molecule has 1 fully saturated rings. The highest BCUT2D eigenvalue weighted by Gasteiger charge is 2.46. The summed E-state index contributed by atoms with van der Waals surface area (Å²) in [6.07, 6.45) is 2.10. The molecule has 0 aromatic carbocycles. The first-order chi connectivity index (χ1) is 3.71. The van der Waals surface area contributed by atoms with Gasteiger partial charge < -0.3 is 0 Å². The Labute approximate surface area is 55.1 Å². The van der Waals surface area contributed by atoms with E-state index in [0.717, 1.165) is 12.8 Å². The number of hydrogen-bond acceptors (Lipinski definition) is 2. The Bertz CT molecular complexity index is 130. The largest absolute Gasteiger partial charge is 0.198 e. The van der Waals surface area contributed by atoms with Crippen molar-refractivity contribution in [1.82, 2.24) is 0 Å². The molecule has 1 nitrogen and oxygen atoms in total. The average molecular weight is 127 g/mol. The van der Waals surface area contributed by atoms with Crippen molar-refractivity contribution in [2.45, 2.75) is 25.0 Å². The van der Waals surface area contributed by atoms with E-state index < -0.39 is 0 Å². The molecular weight excluding hydrogens is 118 g/mol. The fourth-order valence-electron chi connectivity index (χ4n) is 0.758. The molecule has 0 radical (unpaired) electrons. The van der Waals surface area contributed by atoms with Gasteiger partial charge in [0.1, 0.15) is 0 Å². The molecule has 1 atom stereocenters. The van der Waals surface area contributed by atoms with Crippen LogP contribution in [0.2, 0.25) is 0 Å². The van der Waals surface area contributed by atoms with Crippen LogP contribution in [0.4, 0.5) is 0 Å². The van der Waals surface area contributed by atoms with Gasteiger partial charge in [-0.3, -0.25) is 0 Å². The fraction of sp³-hybridized carbons (Fsp3) is 0.833. The Morgan fingerprint density at radius 3 is 2.25 bits per heavy atom. The van der Waals surface area contributed by atoms with E-state index in [1.807, 2.05) is 6.92 Å².